The number of ether oxygens (including phenoxy) is 1. The van der Waals surface area contributed by atoms with Crippen LogP contribution in [0.4, 0.5) is 0 Å². The predicted octanol–water partition coefficient (Wildman–Crippen LogP) is 4.12. The van der Waals surface area contributed by atoms with Gasteiger partial charge in [-0.25, -0.2) is 13.4 Å². The second kappa shape index (κ2) is 11.2. The van der Waals surface area contributed by atoms with Crippen LogP contribution in [0.1, 0.15) is 48.2 Å². The maximum absolute atomic E-state index is 13.9. The van der Waals surface area contributed by atoms with Gasteiger partial charge in [-0.2, -0.15) is 0 Å². The monoisotopic (exact) mass is 570 g/mol. The van der Waals surface area contributed by atoms with Crippen molar-refractivity contribution in [2.45, 2.75) is 51.3 Å². The molecule has 39 heavy (non-hydrogen) atoms. The Balaban J connectivity index is 1.77. The number of hydrogen-bond acceptors (Lipinski definition) is 6. The highest BCUT2D eigenvalue weighted by atomic mass is 35.5. The van der Waals surface area contributed by atoms with Gasteiger partial charge in [0.2, 0.25) is 0 Å². The molecule has 0 aliphatic carbocycles. The van der Waals surface area contributed by atoms with Crippen LogP contribution in [-0.2, 0) is 36.4 Å². The summed E-state index contributed by atoms with van der Waals surface area (Å²) in [5, 5.41) is 3.66. The lowest BCUT2D eigenvalue weighted by molar-refractivity contribution is 0.0937. The zero-order chi connectivity index (χ0) is 28.5. The molecule has 0 saturated carbocycles. The summed E-state index contributed by atoms with van der Waals surface area (Å²) >= 11 is 6.17. The molecule has 206 valence electrons. The molecular formula is C28H31ClN4O5S. The van der Waals surface area contributed by atoms with Gasteiger partial charge in [0, 0.05) is 31.3 Å². The van der Waals surface area contributed by atoms with Gasteiger partial charge in [0.1, 0.15) is 11.2 Å². The summed E-state index contributed by atoms with van der Waals surface area (Å²) in [4.78, 5) is 32.3. The van der Waals surface area contributed by atoms with E-state index in [1.807, 2.05) is 32.9 Å². The summed E-state index contributed by atoms with van der Waals surface area (Å²) in [6.45, 7) is 5.98. The van der Waals surface area contributed by atoms with E-state index in [0.717, 1.165) is 17.4 Å². The Bertz CT molecular complexity index is 1710. The van der Waals surface area contributed by atoms with E-state index in [0.29, 0.717) is 22.9 Å². The minimum atomic E-state index is -3.32. The SMILES string of the molecule is CCc1nc2c(c(OC(C)C)c(C(=O)NCc3ccc(S(C)(=O)=O)cc3)n2C)c(=O)n1Cc1cccc(Cl)c1. The maximum atomic E-state index is 13.9. The second-order valence-corrected chi connectivity index (χ2v) is 12.1. The first-order chi connectivity index (χ1) is 18.4. The van der Waals surface area contributed by atoms with Crippen molar-refractivity contribution in [3.63, 3.8) is 0 Å². The Morgan fingerprint density at radius 2 is 1.82 bits per heavy atom. The fourth-order valence-corrected chi connectivity index (χ4v) is 5.22. The standard InChI is InChI=1S/C28H31ClN4O5S/c1-6-22-31-26-23(28(35)33(22)16-19-8-7-9-20(29)14-19)25(38-17(2)3)24(32(26)4)27(34)30-15-18-10-12-21(13-11-18)39(5,36)37/h7-14,17H,6,15-16H2,1-5H3,(H,30,34). The van der Waals surface area contributed by atoms with Crippen molar-refractivity contribution in [3.05, 3.63) is 86.6 Å². The number of nitrogens with one attached hydrogen (secondary N) is 1. The smallest absolute Gasteiger partial charge is 0.272 e. The van der Waals surface area contributed by atoms with Crippen LogP contribution in [-0.4, -0.2) is 40.8 Å². The fraction of sp³-hybridized carbons (Fsp3) is 0.321. The van der Waals surface area contributed by atoms with Crippen molar-refractivity contribution in [2.75, 3.05) is 6.26 Å². The Hall–Kier alpha value is -3.63. The van der Waals surface area contributed by atoms with E-state index in [1.54, 1.807) is 40.4 Å². The summed E-state index contributed by atoms with van der Waals surface area (Å²) in [6, 6.07) is 13.6. The number of rotatable bonds is 9. The molecule has 0 spiro atoms. The molecule has 0 aliphatic heterocycles. The average molecular weight is 571 g/mol. The summed E-state index contributed by atoms with van der Waals surface area (Å²) < 4.78 is 32.7. The number of fused-ring (bicyclic) bond motifs is 1. The van der Waals surface area contributed by atoms with E-state index in [4.69, 9.17) is 21.3 Å². The van der Waals surface area contributed by atoms with Crippen LogP contribution in [0.2, 0.25) is 5.02 Å². The number of carbonyl (C=O) groups excluding carboxylic acids is 1. The molecule has 0 fully saturated rings. The van der Waals surface area contributed by atoms with Gasteiger partial charge < -0.3 is 14.6 Å². The molecule has 1 N–H and O–H groups in total. The molecule has 0 unspecified atom stereocenters. The molecule has 2 heterocycles. The topological polar surface area (TPSA) is 112 Å². The number of aromatic nitrogens is 3. The van der Waals surface area contributed by atoms with Crippen molar-refractivity contribution < 1.29 is 17.9 Å². The molecule has 2 aromatic heterocycles. The number of hydrogen-bond donors (Lipinski definition) is 1. The van der Waals surface area contributed by atoms with Gasteiger partial charge in [-0.1, -0.05) is 42.8 Å². The zero-order valence-corrected chi connectivity index (χ0v) is 24.1. The number of halogens is 1. The summed E-state index contributed by atoms with van der Waals surface area (Å²) in [5.41, 5.74) is 1.80. The van der Waals surface area contributed by atoms with Crippen LogP contribution in [0.15, 0.2) is 58.2 Å². The van der Waals surface area contributed by atoms with E-state index >= 15 is 0 Å². The summed E-state index contributed by atoms with van der Waals surface area (Å²) in [7, 11) is -1.64. The molecule has 0 radical (unpaired) electrons. The lowest BCUT2D eigenvalue weighted by Gasteiger charge is -2.13. The van der Waals surface area contributed by atoms with E-state index in [2.05, 4.69) is 5.32 Å². The van der Waals surface area contributed by atoms with Crippen molar-refractivity contribution >= 4 is 38.4 Å². The van der Waals surface area contributed by atoms with Crippen LogP contribution in [0.5, 0.6) is 5.75 Å². The van der Waals surface area contributed by atoms with Crippen LogP contribution in [0, 0.1) is 0 Å². The Kier molecular flexibility index (Phi) is 8.17. The largest absolute Gasteiger partial charge is 0.488 e. The lowest BCUT2D eigenvalue weighted by atomic mass is 10.2. The highest BCUT2D eigenvalue weighted by Crippen LogP contribution is 2.31. The molecule has 11 heteroatoms. The van der Waals surface area contributed by atoms with Gasteiger partial charge in [0.05, 0.1) is 17.5 Å². The van der Waals surface area contributed by atoms with Gasteiger partial charge in [-0.3, -0.25) is 14.2 Å². The Morgan fingerprint density at radius 1 is 1.13 bits per heavy atom. The lowest BCUT2D eigenvalue weighted by Crippen LogP contribution is -2.26. The van der Waals surface area contributed by atoms with Crippen molar-refractivity contribution in [1.82, 2.24) is 19.4 Å². The highest BCUT2D eigenvalue weighted by Gasteiger charge is 2.28. The molecule has 4 aromatic rings. The number of aryl methyl sites for hydroxylation is 2. The second-order valence-electron chi connectivity index (χ2n) is 9.60. The molecule has 0 aliphatic rings. The van der Waals surface area contributed by atoms with Crippen molar-refractivity contribution in [1.29, 1.82) is 0 Å². The molecule has 4 rings (SSSR count). The number of amides is 1. The third-order valence-corrected chi connectivity index (χ3v) is 7.61. The highest BCUT2D eigenvalue weighted by molar-refractivity contribution is 7.90. The van der Waals surface area contributed by atoms with Crippen molar-refractivity contribution in [3.8, 4) is 5.75 Å². The molecule has 9 nitrogen and oxygen atoms in total. The van der Waals surface area contributed by atoms with E-state index in [-0.39, 0.29) is 46.5 Å². The van der Waals surface area contributed by atoms with Gasteiger partial charge in [-0.05, 0) is 49.2 Å². The van der Waals surface area contributed by atoms with E-state index < -0.39 is 15.7 Å². The summed E-state index contributed by atoms with van der Waals surface area (Å²) in [6.07, 6.45) is 1.33. The van der Waals surface area contributed by atoms with E-state index in [1.165, 1.54) is 12.1 Å². The van der Waals surface area contributed by atoms with Crippen LogP contribution < -0.4 is 15.6 Å². The number of sulfone groups is 1. The third kappa shape index (κ3) is 6.02. The first kappa shape index (κ1) is 28.4. The minimum Gasteiger partial charge on any atom is -0.488 e. The Labute approximate surface area is 232 Å². The Morgan fingerprint density at radius 3 is 2.41 bits per heavy atom. The number of benzene rings is 2. The minimum absolute atomic E-state index is 0.151. The van der Waals surface area contributed by atoms with Crippen LogP contribution >= 0.6 is 11.6 Å². The first-order valence-electron chi connectivity index (χ1n) is 12.5. The van der Waals surface area contributed by atoms with E-state index in [9.17, 15) is 18.0 Å². The quantitative estimate of drug-likeness (QED) is 0.324. The third-order valence-electron chi connectivity index (χ3n) is 6.24. The molecular weight excluding hydrogens is 540 g/mol. The van der Waals surface area contributed by atoms with Gasteiger partial charge >= 0.3 is 0 Å². The predicted molar refractivity (Wildman–Crippen MR) is 151 cm³/mol. The van der Waals surface area contributed by atoms with Gasteiger partial charge in [0.25, 0.3) is 11.5 Å². The first-order valence-corrected chi connectivity index (χ1v) is 14.8. The normalized spacial score (nSPS) is 11.8. The molecule has 0 atom stereocenters. The summed E-state index contributed by atoms with van der Waals surface area (Å²) in [5.74, 6) is 0.298. The van der Waals surface area contributed by atoms with Crippen LogP contribution in [0.25, 0.3) is 11.0 Å². The molecule has 2 aromatic carbocycles. The molecule has 0 bridgehead atoms. The molecule has 1 amide bonds. The van der Waals surface area contributed by atoms with Gasteiger partial charge in [-0.15, -0.1) is 0 Å². The fourth-order valence-electron chi connectivity index (χ4n) is 4.38. The van der Waals surface area contributed by atoms with Crippen LogP contribution in [0.3, 0.4) is 0 Å². The number of carbonyl (C=O) groups is 1. The average Bonchev–Trinajstić information content (AvgIpc) is 3.14. The van der Waals surface area contributed by atoms with Crippen molar-refractivity contribution in [2.24, 2.45) is 7.05 Å². The maximum Gasteiger partial charge on any atom is 0.272 e. The molecule has 0 saturated heterocycles. The zero-order valence-electron chi connectivity index (χ0n) is 22.5. The number of nitrogens with zero attached hydrogens (tertiary/aromatic N) is 3. The van der Waals surface area contributed by atoms with Gasteiger partial charge in [0.15, 0.2) is 26.9 Å².